The van der Waals surface area contributed by atoms with Gasteiger partial charge in [0.15, 0.2) is 0 Å². The molecule has 0 saturated heterocycles. The molecule has 0 N–H and O–H groups in total. The third kappa shape index (κ3) is 2.56. The van der Waals surface area contributed by atoms with Crippen molar-refractivity contribution < 1.29 is 4.74 Å². The van der Waals surface area contributed by atoms with Crippen LogP contribution in [-0.4, -0.2) is 11.6 Å². The van der Waals surface area contributed by atoms with E-state index in [2.05, 4.69) is 33.6 Å². The fraction of sp³-hybridized carbons (Fsp3) is 0.500. The highest BCUT2D eigenvalue weighted by atomic mass is 127. The maximum absolute atomic E-state index is 5.60. The highest BCUT2D eigenvalue weighted by Crippen LogP contribution is 2.29. The Morgan fingerprint density at radius 2 is 2.38 bits per heavy atom. The van der Waals surface area contributed by atoms with Crippen LogP contribution in [-0.2, 0) is 0 Å². The highest BCUT2D eigenvalue weighted by Gasteiger charge is 2.22. The quantitative estimate of drug-likeness (QED) is 0.798. The Hall–Kier alpha value is -0.320. The number of nitrogens with zero attached hydrogens (tertiary/aromatic N) is 1. The Morgan fingerprint density at radius 1 is 1.62 bits per heavy atom. The summed E-state index contributed by atoms with van der Waals surface area (Å²) in [4.78, 5) is 4.25. The van der Waals surface area contributed by atoms with Gasteiger partial charge in [-0.2, -0.15) is 0 Å². The summed E-state index contributed by atoms with van der Waals surface area (Å²) in [5.74, 6) is 1.59. The van der Waals surface area contributed by atoms with Crippen LogP contribution in [0.25, 0.3) is 0 Å². The Labute approximate surface area is 91.8 Å². The fourth-order valence-electron chi connectivity index (χ4n) is 1.16. The van der Waals surface area contributed by atoms with Crippen molar-refractivity contribution in [1.29, 1.82) is 0 Å². The molecule has 0 radical (unpaired) electrons. The zero-order valence-electron chi connectivity index (χ0n) is 7.59. The minimum absolute atomic E-state index is 0.792. The first-order valence-electron chi connectivity index (χ1n) is 4.50. The Morgan fingerprint density at radius 3 is 3.00 bits per heavy atom. The molecule has 1 saturated carbocycles. The van der Waals surface area contributed by atoms with E-state index in [1.54, 1.807) is 0 Å². The molecule has 0 atom stereocenters. The molecule has 1 fully saturated rings. The number of halogens is 1. The maximum Gasteiger partial charge on any atom is 0.216 e. The average Bonchev–Trinajstić information content (AvgIpc) is 2.86. The summed E-state index contributed by atoms with van der Waals surface area (Å²) in [6, 6.07) is 2.09. The largest absolute Gasteiger partial charge is 0.477 e. The van der Waals surface area contributed by atoms with E-state index in [1.807, 2.05) is 13.1 Å². The highest BCUT2D eigenvalue weighted by molar-refractivity contribution is 14.1. The molecule has 2 nitrogen and oxygen atoms in total. The number of aryl methyl sites for hydroxylation is 1. The van der Waals surface area contributed by atoms with Crippen LogP contribution in [0.1, 0.15) is 18.4 Å². The van der Waals surface area contributed by atoms with Crippen LogP contribution in [0.3, 0.4) is 0 Å². The summed E-state index contributed by atoms with van der Waals surface area (Å²) in [6.45, 7) is 2.88. The van der Waals surface area contributed by atoms with Crippen LogP contribution in [0.2, 0.25) is 0 Å². The fourth-order valence-corrected chi connectivity index (χ4v) is 1.77. The lowest BCUT2D eigenvalue weighted by Crippen LogP contribution is -2.02. The lowest BCUT2D eigenvalue weighted by Gasteiger charge is -2.06. The van der Waals surface area contributed by atoms with Crippen LogP contribution in [0.15, 0.2) is 12.3 Å². The minimum Gasteiger partial charge on any atom is -0.477 e. The number of pyridine rings is 1. The Balaban J connectivity index is 2.01. The first-order chi connectivity index (χ1) is 6.25. The molecule has 1 aromatic rings. The number of aromatic nitrogens is 1. The Kier molecular flexibility index (Phi) is 2.71. The van der Waals surface area contributed by atoms with Crippen LogP contribution in [0.4, 0.5) is 0 Å². The average molecular weight is 289 g/mol. The Bertz CT molecular complexity index is 310. The van der Waals surface area contributed by atoms with Gasteiger partial charge < -0.3 is 4.74 Å². The van der Waals surface area contributed by atoms with E-state index < -0.39 is 0 Å². The van der Waals surface area contributed by atoms with Crippen molar-refractivity contribution in [1.82, 2.24) is 4.98 Å². The molecule has 70 valence electrons. The summed E-state index contributed by atoms with van der Waals surface area (Å²) < 4.78 is 6.76. The van der Waals surface area contributed by atoms with Crippen LogP contribution in [0.5, 0.6) is 5.88 Å². The summed E-state index contributed by atoms with van der Waals surface area (Å²) in [6.07, 6.45) is 4.49. The molecule has 13 heavy (non-hydrogen) atoms. The minimum atomic E-state index is 0.792. The van der Waals surface area contributed by atoms with Crippen molar-refractivity contribution in [3.05, 3.63) is 21.4 Å². The second-order valence-corrected chi connectivity index (χ2v) is 4.78. The van der Waals surface area contributed by atoms with E-state index in [0.29, 0.717) is 0 Å². The van der Waals surface area contributed by atoms with Crippen LogP contribution >= 0.6 is 22.6 Å². The van der Waals surface area contributed by atoms with Gasteiger partial charge in [0.2, 0.25) is 5.88 Å². The summed E-state index contributed by atoms with van der Waals surface area (Å²) >= 11 is 2.26. The molecular formula is C10H12INO. The molecule has 1 aromatic heterocycles. The molecule has 0 spiro atoms. The summed E-state index contributed by atoms with van der Waals surface area (Å²) in [5, 5.41) is 0. The molecule has 2 rings (SSSR count). The number of ether oxygens (including phenoxy) is 1. The third-order valence-corrected chi connectivity index (χ3v) is 2.74. The van der Waals surface area contributed by atoms with Gasteiger partial charge >= 0.3 is 0 Å². The van der Waals surface area contributed by atoms with Gasteiger partial charge in [-0.25, -0.2) is 4.98 Å². The van der Waals surface area contributed by atoms with Crippen LogP contribution in [0, 0.1) is 16.4 Å². The second kappa shape index (κ2) is 3.82. The summed E-state index contributed by atoms with van der Waals surface area (Å²) in [5.41, 5.74) is 1.13. The first-order valence-corrected chi connectivity index (χ1v) is 5.58. The molecule has 0 aromatic carbocycles. The van der Waals surface area contributed by atoms with Gasteiger partial charge in [0.25, 0.3) is 0 Å². The zero-order valence-corrected chi connectivity index (χ0v) is 9.74. The number of hydrogen-bond acceptors (Lipinski definition) is 2. The second-order valence-electron chi connectivity index (χ2n) is 3.53. The molecule has 0 bridgehead atoms. The number of hydrogen-bond donors (Lipinski definition) is 0. The van der Waals surface area contributed by atoms with E-state index in [0.717, 1.165) is 27.5 Å². The molecule has 3 heteroatoms. The standard InChI is InChI=1S/C10H12INO/c1-7-4-9(11)5-12-10(7)13-6-8-2-3-8/h4-5,8H,2-3,6H2,1H3. The lowest BCUT2D eigenvalue weighted by atomic mass is 10.3. The molecule has 1 heterocycles. The van der Waals surface area contributed by atoms with Gasteiger partial charge in [0, 0.05) is 15.3 Å². The third-order valence-electron chi connectivity index (χ3n) is 2.15. The van der Waals surface area contributed by atoms with Gasteiger partial charge in [0.05, 0.1) is 6.61 Å². The SMILES string of the molecule is Cc1cc(I)cnc1OCC1CC1. The molecule has 1 aliphatic rings. The number of rotatable bonds is 3. The lowest BCUT2D eigenvalue weighted by molar-refractivity contribution is 0.286. The zero-order chi connectivity index (χ0) is 9.26. The van der Waals surface area contributed by atoms with Gasteiger partial charge in [-0.1, -0.05) is 0 Å². The van der Waals surface area contributed by atoms with Crippen molar-refractivity contribution >= 4 is 22.6 Å². The van der Waals surface area contributed by atoms with Crippen molar-refractivity contribution in [2.45, 2.75) is 19.8 Å². The predicted molar refractivity (Wildman–Crippen MR) is 59.9 cm³/mol. The molecule has 1 aliphatic carbocycles. The smallest absolute Gasteiger partial charge is 0.216 e. The van der Waals surface area contributed by atoms with E-state index in [1.165, 1.54) is 12.8 Å². The van der Waals surface area contributed by atoms with Crippen molar-refractivity contribution in [3.8, 4) is 5.88 Å². The van der Waals surface area contributed by atoms with Gasteiger partial charge in [0.1, 0.15) is 0 Å². The van der Waals surface area contributed by atoms with Gasteiger partial charge in [-0.15, -0.1) is 0 Å². The van der Waals surface area contributed by atoms with E-state index in [-0.39, 0.29) is 0 Å². The van der Waals surface area contributed by atoms with E-state index >= 15 is 0 Å². The predicted octanol–water partition coefficient (Wildman–Crippen LogP) is 2.78. The van der Waals surface area contributed by atoms with Crippen molar-refractivity contribution in [2.24, 2.45) is 5.92 Å². The molecule has 0 aliphatic heterocycles. The van der Waals surface area contributed by atoms with Gasteiger partial charge in [-0.3, -0.25) is 0 Å². The van der Waals surface area contributed by atoms with Crippen molar-refractivity contribution in [2.75, 3.05) is 6.61 Å². The topological polar surface area (TPSA) is 22.1 Å². The van der Waals surface area contributed by atoms with E-state index in [4.69, 9.17) is 4.74 Å². The molecule has 0 unspecified atom stereocenters. The molecular weight excluding hydrogens is 277 g/mol. The van der Waals surface area contributed by atoms with Gasteiger partial charge in [-0.05, 0) is 54.3 Å². The van der Waals surface area contributed by atoms with Crippen LogP contribution < -0.4 is 4.74 Å². The normalized spacial score (nSPS) is 15.8. The summed E-state index contributed by atoms with van der Waals surface area (Å²) in [7, 11) is 0. The monoisotopic (exact) mass is 289 g/mol. The van der Waals surface area contributed by atoms with E-state index in [9.17, 15) is 0 Å². The maximum atomic E-state index is 5.60. The first kappa shape index (κ1) is 9.24. The molecule has 0 amide bonds. The van der Waals surface area contributed by atoms with Crippen molar-refractivity contribution in [3.63, 3.8) is 0 Å².